The van der Waals surface area contributed by atoms with Crippen LogP contribution in [-0.4, -0.2) is 24.2 Å². The highest BCUT2D eigenvalue weighted by Crippen LogP contribution is 2.36. The first-order valence-corrected chi connectivity index (χ1v) is 8.26. The standard InChI is InChI=1S/C21H16N4O2/c1-26-19-8-15-14-7-17(13-5-3-4-12(6-13)10-22)25-21(23)16(14)11-24-18(15)9-20(19)27-2/h3-9,11H,1-2H3,(H2,23,25). The quantitative estimate of drug-likeness (QED) is 0.559. The van der Waals surface area contributed by atoms with Gasteiger partial charge in [-0.3, -0.25) is 4.98 Å². The lowest BCUT2D eigenvalue weighted by Gasteiger charge is -2.12. The minimum atomic E-state index is 0.383. The van der Waals surface area contributed by atoms with Crippen LogP contribution in [0.5, 0.6) is 11.5 Å². The van der Waals surface area contributed by atoms with Gasteiger partial charge in [0.2, 0.25) is 0 Å². The molecule has 0 bridgehead atoms. The zero-order valence-corrected chi connectivity index (χ0v) is 14.9. The fraction of sp³-hybridized carbons (Fsp3) is 0.0952. The predicted molar refractivity (Wildman–Crippen MR) is 105 cm³/mol. The summed E-state index contributed by atoms with van der Waals surface area (Å²) >= 11 is 0. The maximum atomic E-state index is 9.15. The van der Waals surface area contributed by atoms with Crippen LogP contribution in [0.4, 0.5) is 5.82 Å². The number of methoxy groups -OCH3 is 2. The molecule has 2 aromatic heterocycles. The highest BCUT2D eigenvalue weighted by atomic mass is 16.5. The van der Waals surface area contributed by atoms with Crippen LogP contribution in [-0.2, 0) is 0 Å². The lowest BCUT2D eigenvalue weighted by atomic mass is 10.0. The molecule has 2 N–H and O–H groups in total. The lowest BCUT2D eigenvalue weighted by Crippen LogP contribution is -1.97. The second-order valence-corrected chi connectivity index (χ2v) is 6.03. The summed E-state index contributed by atoms with van der Waals surface area (Å²) in [5.41, 5.74) is 9.07. The van der Waals surface area contributed by atoms with E-state index in [1.165, 1.54) is 0 Å². The number of rotatable bonds is 3. The normalized spacial score (nSPS) is 10.7. The molecule has 27 heavy (non-hydrogen) atoms. The summed E-state index contributed by atoms with van der Waals surface area (Å²) in [4.78, 5) is 8.99. The molecule has 132 valence electrons. The number of nitriles is 1. The third kappa shape index (κ3) is 2.75. The average molecular weight is 356 g/mol. The molecular formula is C21H16N4O2. The Morgan fingerprint density at radius 1 is 0.963 bits per heavy atom. The van der Waals surface area contributed by atoms with Crippen molar-refractivity contribution in [3.8, 4) is 28.8 Å². The van der Waals surface area contributed by atoms with E-state index in [1.807, 2.05) is 30.3 Å². The maximum absolute atomic E-state index is 9.15. The molecule has 0 saturated heterocycles. The summed E-state index contributed by atoms with van der Waals surface area (Å²) in [6.07, 6.45) is 1.71. The first-order valence-electron chi connectivity index (χ1n) is 8.26. The van der Waals surface area contributed by atoms with Crippen LogP contribution in [0, 0.1) is 11.3 Å². The predicted octanol–water partition coefficient (Wildman–Crippen LogP) is 3.92. The van der Waals surface area contributed by atoms with Gasteiger partial charge >= 0.3 is 0 Å². The molecule has 0 aliphatic heterocycles. The minimum absolute atomic E-state index is 0.383. The topological polar surface area (TPSA) is 94.0 Å². The van der Waals surface area contributed by atoms with Crippen LogP contribution in [0.2, 0.25) is 0 Å². The Labute approximate surface area is 155 Å². The number of fused-ring (bicyclic) bond motifs is 3. The Morgan fingerprint density at radius 3 is 2.48 bits per heavy atom. The molecule has 0 aliphatic carbocycles. The van der Waals surface area contributed by atoms with Crippen molar-refractivity contribution < 1.29 is 9.47 Å². The summed E-state index contributed by atoms with van der Waals surface area (Å²) in [6.45, 7) is 0. The fourth-order valence-corrected chi connectivity index (χ4v) is 3.15. The highest BCUT2D eigenvalue weighted by Gasteiger charge is 2.13. The van der Waals surface area contributed by atoms with Gasteiger partial charge in [0.15, 0.2) is 11.5 Å². The van der Waals surface area contributed by atoms with Gasteiger partial charge in [-0.05, 0) is 29.7 Å². The fourth-order valence-electron chi connectivity index (χ4n) is 3.15. The summed E-state index contributed by atoms with van der Waals surface area (Å²) in [6, 6.07) is 15.1. The Hall–Kier alpha value is -3.85. The molecule has 0 aliphatic rings. The smallest absolute Gasteiger partial charge is 0.162 e. The molecule has 0 unspecified atom stereocenters. The van der Waals surface area contributed by atoms with Crippen molar-refractivity contribution in [2.45, 2.75) is 0 Å². The van der Waals surface area contributed by atoms with Crippen molar-refractivity contribution in [1.82, 2.24) is 9.97 Å². The Balaban J connectivity index is 2.04. The zero-order valence-electron chi connectivity index (χ0n) is 14.9. The number of hydrogen-bond donors (Lipinski definition) is 1. The maximum Gasteiger partial charge on any atom is 0.162 e. The summed E-state index contributed by atoms with van der Waals surface area (Å²) in [5.74, 6) is 1.61. The number of anilines is 1. The largest absolute Gasteiger partial charge is 0.493 e. The second kappa shape index (κ2) is 6.46. The number of hydrogen-bond acceptors (Lipinski definition) is 6. The van der Waals surface area contributed by atoms with Gasteiger partial charge in [-0.25, -0.2) is 4.98 Å². The van der Waals surface area contributed by atoms with E-state index in [0.29, 0.717) is 28.6 Å². The molecule has 4 aromatic rings. The Kier molecular flexibility index (Phi) is 3.98. The van der Waals surface area contributed by atoms with E-state index < -0.39 is 0 Å². The minimum Gasteiger partial charge on any atom is -0.493 e. The van der Waals surface area contributed by atoms with Crippen LogP contribution >= 0.6 is 0 Å². The van der Waals surface area contributed by atoms with Crippen molar-refractivity contribution >= 4 is 27.5 Å². The van der Waals surface area contributed by atoms with Gasteiger partial charge in [0.1, 0.15) is 5.82 Å². The summed E-state index contributed by atoms with van der Waals surface area (Å²) < 4.78 is 10.8. The lowest BCUT2D eigenvalue weighted by molar-refractivity contribution is 0.356. The molecule has 6 nitrogen and oxygen atoms in total. The number of pyridine rings is 2. The molecule has 4 rings (SSSR count). The van der Waals surface area contributed by atoms with Crippen molar-refractivity contribution in [2.24, 2.45) is 0 Å². The molecule has 0 atom stereocenters. The van der Waals surface area contributed by atoms with Crippen LogP contribution < -0.4 is 15.2 Å². The SMILES string of the molecule is COc1cc2ncc3c(N)nc(-c4cccc(C#N)c4)cc3c2cc1OC. The highest BCUT2D eigenvalue weighted by molar-refractivity contribution is 6.10. The second-order valence-electron chi connectivity index (χ2n) is 6.03. The van der Waals surface area contributed by atoms with Gasteiger partial charge in [-0.15, -0.1) is 0 Å². The number of nitrogens with zero attached hydrogens (tertiary/aromatic N) is 3. The third-order valence-corrected chi connectivity index (χ3v) is 4.50. The number of benzene rings is 2. The van der Waals surface area contributed by atoms with Crippen molar-refractivity contribution in [1.29, 1.82) is 5.26 Å². The van der Waals surface area contributed by atoms with E-state index >= 15 is 0 Å². The van der Waals surface area contributed by atoms with Crippen molar-refractivity contribution in [2.75, 3.05) is 20.0 Å². The van der Waals surface area contributed by atoms with E-state index in [-0.39, 0.29) is 0 Å². The molecule has 0 radical (unpaired) electrons. The average Bonchev–Trinajstić information content (AvgIpc) is 2.72. The Bertz CT molecular complexity index is 1230. The molecule has 0 saturated carbocycles. The van der Waals surface area contributed by atoms with E-state index in [4.69, 9.17) is 20.5 Å². The van der Waals surface area contributed by atoms with Crippen LogP contribution in [0.3, 0.4) is 0 Å². The van der Waals surface area contributed by atoms with Crippen molar-refractivity contribution in [3.05, 3.63) is 54.2 Å². The van der Waals surface area contributed by atoms with E-state index in [1.54, 1.807) is 32.5 Å². The van der Waals surface area contributed by atoms with Gasteiger partial charge in [0.25, 0.3) is 0 Å². The monoisotopic (exact) mass is 356 g/mol. The first kappa shape index (κ1) is 16.6. The van der Waals surface area contributed by atoms with Crippen LogP contribution in [0.15, 0.2) is 48.7 Å². The van der Waals surface area contributed by atoms with Crippen LogP contribution in [0.25, 0.3) is 32.9 Å². The molecule has 2 aromatic carbocycles. The molecule has 0 spiro atoms. The third-order valence-electron chi connectivity index (χ3n) is 4.50. The van der Waals surface area contributed by atoms with Gasteiger partial charge < -0.3 is 15.2 Å². The van der Waals surface area contributed by atoms with E-state index in [0.717, 1.165) is 27.2 Å². The van der Waals surface area contributed by atoms with Gasteiger partial charge in [-0.1, -0.05) is 12.1 Å². The molecule has 2 heterocycles. The van der Waals surface area contributed by atoms with Crippen LogP contribution in [0.1, 0.15) is 5.56 Å². The number of nitrogens with two attached hydrogens (primary N) is 1. The zero-order chi connectivity index (χ0) is 19.0. The number of ether oxygens (including phenoxy) is 2. The first-order chi connectivity index (χ1) is 13.1. The van der Waals surface area contributed by atoms with Gasteiger partial charge in [-0.2, -0.15) is 5.26 Å². The van der Waals surface area contributed by atoms with Crippen molar-refractivity contribution in [3.63, 3.8) is 0 Å². The Morgan fingerprint density at radius 2 is 1.74 bits per heavy atom. The van der Waals surface area contributed by atoms with E-state index in [2.05, 4.69) is 16.0 Å². The molecule has 0 amide bonds. The number of aromatic nitrogens is 2. The van der Waals surface area contributed by atoms with Gasteiger partial charge in [0, 0.05) is 28.6 Å². The van der Waals surface area contributed by atoms with Gasteiger partial charge in [0.05, 0.1) is 37.1 Å². The van der Waals surface area contributed by atoms with E-state index in [9.17, 15) is 0 Å². The summed E-state index contributed by atoms with van der Waals surface area (Å²) in [5, 5.41) is 11.7. The number of nitrogen functional groups attached to an aromatic ring is 1. The summed E-state index contributed by atoms with van der Waals surface area (Å²) in [7, 11) is 3.18. The molecule has 6 heteroatoms. The molecular weight excluding hydrogens is 340 g/mol. The molecule has 0 fully saturated rings.